The molecule has 2 amide bonds. The second-order valence-corrected chi connectivity index (χ2v) is 13.8. The molecule has 3 aliphatic carbocycles. The predicted octanol–water partition coefficient (Wildman–Crippen LogP) is 4.41. The summed E-state index contributed by atoms with van der Waals surface area (Å²) in [6.07, 6.45) is 3.78. The maximum atomic E-state index is 15.1. The molecule has 1 aliphatic heterocycles. The lowest BCUT2D eigenvalue weighted by Gasteiger charge is -2.55. The zero-order valence-corrected chi connectivity index (χ0v) is 27.3. The standard InChI is InChI=1S/C41H34BNO7/c1-23-10-8-17-30(37(23)45)36-28-18-19-29-35(40(48)43(39(29)47)27-16-9-15-26(20-27)42(49)50)32(28)21-33-38(46)31(24-11-4-2-5-12-24)22-34(44)41(33,36)25-13-6-3-7-14-25/h2-18,20,22,29,32-33,35-36,45,49-50H,19,21H2,1H3. The number of phenols is 1. The fourth-order valence-corrected chi connectivity index (χ4v) is 9.21. The Bertz CT molecular complexity index is 2140. The predicted molar refractivity (Wildman–Crippen MR) is 188 cm³/mol. The summed E-state index contributed by atoms with van der Waals surface area (Å²) in [6, 6.07) is 29.8. The molecule has 8 rings (SSSR count). The number of phenolic OH excluding ortho intramolecular Hbond substituents is 1. The van der Waals surface area contributed by atoms with E-state index in [1.807, 2.05) is 60.7 Å². The van der Waals surface area contributed by atoms with Crippen molar-refractivity contribution in [3.05, 3.63) is 143 Å². The molecule has 0 bridgehead atoms. The lowest BCUT2D eigenvalue weighted by Crippen LogP contribution is -2.58. The van der Waals surface area contributed by atoms with E-state index in [9.17, 15) is 24.7 Å². The van der Waals surface area contributed by atoms with Gasteiger partial charge in [0.25, 0.3) is 0 Å². The maximum absolute atomic E-state index is 15.1. The minimum Gasteiger partial charge on any atom is -0.507 e. The van der Waals surface area contributed by atoms with Crippen molar-refractivity contribution in [1.29, 1.82) is 0 Å². The van der Waals surface area contributed by atoms with Gasteiger partial charge in [-0.25, -0.2) is 0 Å². The van der Waals surface area contributed by atoms with Crippen LogP contribution in [0.2, 0.25) is 0 Å². The Balaban J connectivity index is 1.35. The summed E-state index contributed by atoms with van der Waals surface area (Å²) < 4.78 is 0. The molecule has 1 heterocycles. The van der Waals surface area contributed by atoms with Gasteiger partial charge >= 0.3 is 7.12 Å². The van der Waals surface area contributed by atoms with Crippen LogP contribution in [0.1, 0.15) is 41.0 Å². The topological polar surface area (TPSA) is 132 Å². The molecule has 50 heavy (non-hydrogen) atoms. The minimum atomic E-state index is -1.78. The molecule has 8 nitrogen and oxygen atoms in total. The third-order valence-electron chi connectivity index (χ3n) is 11.4. The van der Waals surface area contributed by atoms with E-state index in [0.29, 0.717) is 27.8 Å². The third kappa shape index (κ3) is 4.53. The van der Waals surface area contributed by atoms with Crippen molar-refractivity contribution < 1.29 is 34.3 Å². The Morgan fingerprint density at radius 2 is 1.50 bits per heavy atom. The number of amides is 2. The van der Waals surface area contributed by atoms with E-state index >= 15 is 9.59 Å². The Kier molecular flexibility index (Phi) is 7.58. The van der Waals surface area contributed by atoms with Crippen LogP contribution in [0.4, 0.5) is 5.69 Å². The number of Topliss-reactive ketones (excluding diaryl/α,β-unsaturated/α-hetero) is 1. The van der Waals surface area contributed by atoms with E-state index in [2.05, 4.69) is 0 Å². The van der Waals surface area contributed by atoms with Gasteiger partial charge in [0.15, 0.2) is 11.6 Å². The number of fused-ring (bicyclic) bond motifs is 4. The number of rotatable bonds is 5. The molecule has 4 aromatic carbocycles. The zero-order chi connectivity index (χ0) is 34.9. The van der Waals surface area contributed by atoms with E-state index in [-0.39, 0.29) is 41.3 Å². The zero-order valence-electron chi connectivity index (χ0n) is 27.3. The highest BCUT2D eigenvalue weighted by molar-refractivity contribution is 6.58. The number of aryl methyl sites for hydroxylation is 1. The number of hydrogen-bond donors (Lipinski definition) is 3. The fraction of sp³-hybridized carbons (Fsp3) is 0.220. The summed E-state index contributed by atoms with van der Waals surface area (Å²) >= 11 is 0. The number of para-hydroxylation sites is 1. The molecule has 3 N–H and O–H groups in total. The first-order valence-corrected chi connectivity index (χ1v) is 16.9. The quantitative estimate of drug-likeness (QED) is 0.164. The molecule has 4 aromatic rings. The number of anilines is 1. The van der Waals surface area contributed by atoms with Gasteiger partial charge < -0.3 is 15.2 Å². The number of aromatic hydroxyl groups is 1. The van der Waals surface area contributed by atoms with Crippen molar-refractivity contribution in [2.75, 3.05) is 4.90 Å². The van der Waals surface area contributed by atoms with Crippen LogP contribution < -0.4 is 10.4 Å². The van der Waals surface area contributed by atoms with Crippen LogP contribution in [0, 0.1) is 30.6 Å². The van der Waals surface area contributed by atoms with Crippen LogP contribution in [0.5, 0.6) is 5.75 Å². The first-order chi connectivity index (χ1) is 24.1. The largest absolute Gasteiger partial charge is 0.507 e. The van der Waals surface area contributed by atoms with Crippen molar-refractivity contribution >= 4 is 47.2 Å². The number of allylic oxidation sites excluding steroid dienone is 4. The summed E-state index contributed by atoms with van der Waals surface area (Å²) in [5.41, 5.74) is 2.37. The van der Waals surface area contributed by atoms with E-state index in [4.69, 9.17) is 0 Å². The Morgan fingerprint density at radius 1 is 0.800 bits per heavy atom. The molecule has 1 saturated carbocycles. The monoisotopic (exact) mass is 663 g/mol. The number of carbonyl (C=O) groups excluding carboxylic acids is 4. The average molecular weight is 664 g/mol. The lowest BCUT2D eigenvalue weighted by molar-refractivity contribution is -0.135. The molecule has 0 spiro atoms. The number of imide groups is 1. The third-order valence-corrected chi connectivity index (χ3v) is 11.4. The van der Waals surface area contributed by atoms with E-state index in [1.165, 1.54) is 18.2 Å². The molecule has 1 saturated heterocycles. The average Bonchev–Trinajstić information content (AvgIpc) is 3.39. The van der Waals surface area contributed by atoms with Gasteiger partial charge in [-0.3, -0.25) is 24.1 Å². The van der Waals surface area contributed by atoms with Gasteiger partial charge in [0.2, 0.25) is 11.8 Å². The molecule has 248 valence electrons. The molecular weight excluding hydrogens is 629 g/mol. The van der Waals surface area contributed by atoms with Crippen LogP contribution in [0.15, 0.2) is 121 Å². The smallest absolute Gasteiger partial charge is 0.488 e. The second kappa shape index (κ2) is 11.9. The highest BCUT2D eigenvalue weighted by Gasteiger charge is 2.66. The highest BCUT2D eigenvalue weighted by atomic mass is 16.4. The SMILES string of the molecule is Cc1cccc(C2C3=CCC4C(=O)N(c5cccc(B(O)O)c5)C(=O)C4C3CC3C(=O)C(c4ccccc4)=CC(=O)C32c2ccccc2)c1O. The number of carbonyl (C=O) groups is 4. The minimum absolute atomic E-state index is 0.0168. The molecule has 6 atom stereocenters. The fourth-order valence-electron chi connectivity index (χ4n) is 9.21. The van der Waals surface area contributed by atoms with E-state index in [1.54, 1.807) is 43.3 Å². The molecule has 2 fully saturated rings. The second-order valence-electron chi connectivity index (χ2n) is 13.8. The Labute approximate surface area is 289 Å². The molecule has 0 radical (unpaired) electrons. The van der Waals surface area contributed by atoms with Gasteiger partial charge in [-0.05, 0) is 66.0 Å². The van der Waals surface area contributed by atoms with Crippen LogP contribution in [0.25, 0.3) is 5.57 Å². The summed E-state index contributed by atoms with van der Waals surface area (Å²) in [4.78, 5) is 59.8. The summed E-state index contributed by atoms with van der Waals surface area (Å²) in [7, 11) is -1.78. The van der Waals surface area contributed by atoms with Gasteiger partial charge in [-0.1, -0.05) is 103 Å². The molecule has 4 aliphatic rings. The van der Waals surface area contributed by atoms with Crippen LogP contribution in [-0.2, 0) is 24.6 Å². The number of nitrogens with zero attached hydrogens (tertiary/aromatic N) is 1. The normalized spacial score (nSPS) is 27.3. The van der Waals surface area contributed by atoms with Crippen molar-refractivity contribution in [2.24, 2.45) is 23.7 Å². The van der Waals surface area contributed by atoms with Crippen LogP contribution in [-0.4, -0.2) is 45.7 Å². The maximum Gasteiger partial charge on any atom is 0.488 e. The van der Waals surface area contributed by atoms with Gasteiger partial charge in [0, 0.05) is 23.0 Å². The number of benzene rings is 4. The van der Waals surface area contributed by atoms with Crippen molar-refractivity contribution in [3.63, 3.8) is 0 Å². The lowest BCUT2D eigenvalue weighted by atomic mass is 9.44. The van der Waals surface area contributed by atoms with Crippen molar-refractivity contribution in [1.82, 2.24) is 0 Å². The van der Waals surface area contributed by atoms with Gasteiger partial charge in [0.05, 0.1) is 22.9 Å². The Morgan fingerprint density at radius 3 is 2.22 bits per heavy atom. The summed E-state index contributed by atoms with van der Waals surface area (Å²) in [6.45, 7) is 1.78. The van der Waals surface area contributed by atoms with Crippen molar-refractivity contribution in [3.8, 4) is 5.75 Å². The van der Waals surface area contributed by atoms with Crippen LogP contribution >= 0.6 is 0 Å². The van der Waals surface area contributed by atoms with Crippen LogP contribution in [0.3, 0.4) is 0 Å². The molecular formula is C41H34BNO7. The summed E-state index contributed by atoms with van der Waals surface area (Å²) in [5.74, 6) is -5.18. The molecule has 0 aromatic heterocycles. The van der Waals surface area contributed by atoms with E-state index in [0.717, 1.165) is 10.5 Å². The highest BCUT2D eigenvalue weighted by Crippen LogP contribution is 2.64. The van der Waals surface area contributed by atoms with Gasteiger partial charge in [-0.15, -0.1) is 0 Å². The number of hydrogen-bond acceptors (Lipinski definition) is 7. The first-order valence-electron chi connectivity index (χ1n) is 16.9. The summed E-state index contributed by atoms with van der Waals surface area (Å²) in [5, 5.41) is 31.3. The van der Waals surface area contributed by atoms with Gasteiger partial charge in [0.1, 0.15) is 5.75 Å². The number of ketones is 2. The van der Waals surface area contributed by atoms with E-state index < -0.39 is 53.9 Å². The first kappa shape index (κ1) is 31.9. The van der Waals surface area contributed by atoms with Gasteiger partial charge in [-0.2, -0.15) is 0 Å². The molecule has 9 heteroatoms. The van der Waals surface area contributed by atoms with Crippen molar-refractivity contribution in [2.45, 2.75) is 31.1 Å². The molecule has 6 unspecified atom stereocenters. The Hall–Kier alpha value is -5.38.